The fourth-order valence-corrected chi connectivity index (χ4v) is 1.17. The summed E-state index contributed by atoms with van der Waals surface area (Å²) in [6.45, 7) is 6.42. The summed E-state index contributed by atoms with van der Waals surface area (Å²) < 4.78 is 0. The molecule has 1 nitrogen and oxygen atoms in total. The summed E-state index contributed by atoms with van der Waals surface area (Å²) in [7, 11) is 0. The van der Waals surface area contributed by atoms with Gasteiger partial charge in [-0.05, 0) is 18.8 Å². The predicted molar refractivity (Wildman–Crippen MR) is 45.0 cm³/mol. The maximum atomic E-state index is 9.29. The summed E-state index contributed by atoms with van der Waals surface area (Å²) in [6, 6.07) is 0. The molecule has 1 unspecified atom stereocenters. The minimum atomic E-state index is -0.0649. The average molecular weight is 144 g/mol. The molecule has 0 amide bonds. The van der Waals surface area contributed by atoms with Crippen LogP contribution in [0, 0.1) is 5.92 Å². The molecule has 0 saturated heterocycles. The summed E-state index contributed by atoms with van der Waals surface area (Å²) >= 11 is 0. The maximum Gasteiger partial charge on any atom is 0.0540 e. The van der Waals surface area contributed by atoms with Gasteiger partial charge in [-0.1, -0.05) is 33.6 Å². The summed E-state index contributed by atoms with van der Waals surface area (Å²) in [6.07, 6.45) is 4.23. The topological polar surface area (TPSA) is 20.2 Å². The summed E-state index contributed by atoms with van der Waals surface area (Å²) in [5.41, 5.74) is 0. The van der Waals surface area contributed by atoms with Crippen LogP contribution in [0.5, 0.6) is 0 Å². The molecular weight excluding hydrogens is 124 g/mol. The van der Waals surface area contributed by atoms with Crippen molar-refractivity contribution in [1.29, 1.82) is 0 Å². The Bertz CT molecular complexity index is 67.1. The van der Waals surface area contributed by atoms with E-state index in [1.54, 1.807) is 0 Å². The van der Waals surface area contributed by atoms with Crippen molar-refractivity contribution in [3.63, 3.8) is 0 Å². The Balaban J connectivity index is 3.41. The fourth-order valence-electron chi connectivity index (χ4n) is 1.17. The summed E-state index contributed by atoms with van der Waals surface area (Å²) in [5, 5.41) is 9.29. The molecule has 0 radical (unpaired) electrons. The Kier molecular flexibility index (Phi) is 5.70. The highest BCUT2D eigenvalue weighted by Crippen LogP contribution is 2.15. The van der Waals surface area contributed by atoms with Crippen molar-refractivity contribution in [2.45, 2.75) is 52.6 Å². The van der Waals surface area contributed by atoms with E-state index in [4.69, 9.17) is 0 Å². The van der Waals surface area contributed by atoms with Gasteiger partial charge in [0.05, 0.1) is 6.10 Å². The molecule has 0 rings (SSSR count). The van der Waals surface area contributed by atoms with Crippen molar-refractivity contribution < 1.29 is 5.11 Å². The Morgan fingerprint density at radius 3 is 1.80 bits per heavy atom. The van der Waals surface area contributed by atoms with Crippen LogP contribution in [0.4, 0.5) is 0 Å². The Labute approximate surface area is 64.5 Å². The molecule has 1 N–H and O–H groups in total. The number of hydrogen-bond donors (Lipinski definition) is 1. The van der Waals surface area contributed by atoms with Crippen LogP contribution >= 0.6 is 0 Å². The first-order valence-corrected chi connectivity index (χ1v) is 4.42. The van der Waals surface area contributed by atoms with Gasteiger partial charge >= 0.3 is 0 Å². The third-order valence-electron chi connectivity index (χ3n) is 2.23. The molecule has 0 aromatic heterocycles. The molecule has 1 atom stereocenters. The van der Waals surface area contributed by atoms with Gasteiger partial charge in [0.15, 0.2) is 0 Å². The lowest BCUT2D eigenvalue weighted by molar-refractivity contribution is 0.135. The normalized spacial score (nSPS) is 14.1. The smallest absolute Gasteiger partial charge is 0.0540 e. The quantitative estimate of drug-likeness (QED) is 0.628. The second-order valence-corrected chi connectivity index (χ2v) is 2.98. The van der Waals surface area contributed by atoms with Gasteiger partial charge in [0.1, 0.15) is 0 Å². The second-order valence-electron chi connectivity index (χ2n) is 2.98. The van der Waals surface area contributed by atoms with E-state index in [1.807, 2.05) is 6.92 Å². The van der Waals surface area contributed by atoms with Gasteiger partial charge in [0, 0.05) is 0 Å². The highest BCUT2D eigenvalue weighted by Gasteiger charge is 2.08. The lowest BCUT2D eigenvalue weighted by atomic mass is 9.95. The van der Waals surface area contributed by atoms with Crippen molar-refractivity contribution in [2.75, 3.05) is 0 Å². The van der Waals surface area contributed by atoms with Gasteiger partial charge in [0.25, 0.3) is 0 Å². The second kappa shape index (κ2) is 5.72. The van der Waals surface area contributed by atoms with Gasteiger partial charge < -0.3 is 5.11 Å². The fraction of sp³-hybridized carbons (Fsp3) is 1.00. The van der Waals surface area contributed by atoms with Crippen LogP contribution in [0.2, 0.25) is 0 Å². The lowest BCUT2D eigenvalue weighted by Crippen LogP contribution is -2.11. The Morgan fingerprint density at radius 1 is 1.00 bits per heavy atom. The molecule has 0 aliphatic heterocycles. The molecule has 0 fully saturated rings. The first-order valence-electron chi connectivity index (χ1n) is 4.42. The van der Waals surface area contributed by atoms with Crippen molar-refractivity contribution in [3.8, 4) is 0 Å². The highest BCUT2D eigenvalue weighted by molar-refractivity contribution is 4.60. The van der Waals surface area contributed by atoms with Crippen LogP contribution in [0.3, 0.4) is 0 Å². The molecule has 0 aliphatic rings. The maximum absolute atomic E-state index is 9.29. The monoisotopic (exact) mass is 144 g/mol. The minimum Gasteiger partial charge on any atom is -0.393 e. The SMILES string of the molecule is CCC(O)CC(CC)CC. The van der Waals surface area contributed by atoms with Crippen LogP contribution in [0.25, 0.3) is 0 Å². The number of rotatable bonds is 5. The van der Waals surface area contributed by atoms with Gasteiger partial charge in [-0.2, -0.15) is 0 Å². The minimum absolute atomic E-state index is 0.0649. The number of aliphatic hydroxyl groups is 1. The molecular formula is C9H20O. The van der Waals surface area contributed by atoms with Crippen LogP contribution in [0.15, 0.2) is 0 Å². The number of aliphatic hydroxyl groups excluding tert-OH is 1. The Morgan fingerprint density at radius 2 is 1.50 bits per heavy atom. The van der Waals surface area contributed by atoms with E-state index < -0.39 is 0 Å². The molecule has 0 heterocycles. The van der Waals surface area contributed by atoms with Crippen LogP contribution in [-0.4, -0.2) is 11.2 Å². The van der Waals surface area contributed by atoms with E-state index in [9.17, 15) is 5.11 Å². The van der Waals surface area contributed by atoms with Crippen molar-refractivity contribution in [2.24, 2.45) is 5.92 Å². The van der Waals surface area contributed by atoms with E-state index in [-0.39, 0.29) is 6.10 Å². The highest BCUT2D eigenvalue weighted by atomic mass is 16.3. The zero-order valence-corrected chi connectivity index (χ0v) is 7.43. The molecule has 10 heavy (non-hydrogen) atoms. The molecule has 0 saturated carbocycles. The number of hydrogen-bond acceptors (Lipinski definition) is 1. The van der Waals surface area contributed by atoms with E-state index in [0.717, 1.165) is 18.8 Å². The molecule has 0 bridgehead atoms. The molecule has 0 spiro atoms. The third-order valence-corrected chi connectivity index (χ3v) is 2.23. The lowest BCUT2D eigenvalue weighted by Gasteiger charge is -2.15. The van der Waals surface area contributed by atoms with Crippen LogP contribution in [0.1, 0.15) is 46.5 Å². The summed E-state index contributed by atoms with van der Waals surface area (Å²) in [5.74, 6) is 0.731. The van der Waals surface area contributed by atoms with Crippen molar-refractivity contribution >= 4 is 0 Å². The van der Waals surface area contributed by atoms with E-state index in [0.29, 0.717) is 0 Å². The summed E-state index contributed by atoms with van der Waals surface area (Å²) in [4.78, 5) is 0. The van der Waals surface area contributed by atoms with Crippen molar-refractivity contribution in [3.05, 3.63) is 0 Å². The molecule has 0 aliphatic carbocycles. The van der Waals surface area contributed by atoms with Crippen molar-refractivity contribution in [1.82, 2.24) is 0 Å². The van der Waals surface area contributed by atoms with Crippen LogP contribution < -0.4 is 0 Å². The van der Waals surface area contributed by atoms with Crippen LogP contribution in [-0.2, 0) is 0 Å². The molecule has 62 valence electrons. The van der Waals surface area contributed by atoms with E-state index >= 15 is 0 Å². The van der Waals surface area contributed by atoms with Gasteiger partial charge in [-0.3, -0.25) is 0 Å². The molecule has 1 heteroatoms. The van der Waals surface area contributed by atoms with E-state index in [2.05, 4.69) is 13.8 Å². The third kappa shape index (κ3) is 3.89. The largest absolute Gasteiger partial charge is 0.393 e. The first kappa shape index (κ1) is 9.96. The van der Waals surface area contributed by atoms with Gasteiger partial charge in [-0.25, -0.2) is 0 Å². The zero-order chi connectivity index (χ0) is 7.98. The van der Waals surface area contributed by atoms with Gasteiger partial charge in [-0.15, -0.1) is 0 Å². The molecule has 0 aromatic carbocycles. The van der Waals surface area contributed by atoms with Gasteiger partial charge in [0.2, 0.25) is 0 Å². The van der Waals surface area contributed by atoms with E-state index in [1.165, 1.54) is 12.8 Å². The predicted octanol–water partition coefficient (Wildman–Crippen LogP) is 2.58. The zero-order valence-electron chi connectivity index (χ0n) is 7.43. The standard InChI is InChI=1S/C9H20O/c1-4-8(5-2)7-9(10)6-3/h8-10H,4-7H2,1-3H3. The Hall–Kier alpha value is -0.0400. The first-order chi connectivity index (χ1) is 4.74. The molecule has 0 aromatic rings. The average Bonchev–Trinajstić information content (AvgIpc) is 1.99.